The molecule has 0 N–H and O–H groups in total. The lowest BCUT2D eigenvalue weighted by Crippen LogP contribution is -2.51. The van der Waals surface area contributed by atoms with Crippen LogP contribution in [0, 0.1) is 15.9 Å². The van der Waals surface area contributed by atoms with Crippen LogP contribution in [0.3, 0.4) is 0 Å². The lowest BCUT2D eigenvalue weighted by atomic mass is 9.85. The third-order valence-electron chi connectivity index (χ3n) is 4.62. The van der Waals surface area contributed by atoms with Crippen LogP contribution in [0.15, 0.2) is 23.2 Å². The molecular weight excluding hydrogens is 472 g/mol. The number of imide groups is 1. The number of nitrogens with zero attached hydrogens (tertiary/aromatic N) is 3. The van der Waals surface area contributed by atoms with Crippen molar-refractivity contribution in [2.75, 3.05) is 0 Å². The molecule has 12 heteroatoms. The summed E-state index contributed by atoms with van der Waals surface area (Å²) in [6, 6.07) is 2.71. The monoisotopic (exact) mass is 501 g/mol. The number of amidine groups is 1. The maximum absolute atomic E-state index is 15.5. The number of aliphatic imine (C=N–C) groups is 1. The van der Waals surface area contributed by atoms with Gasteiger partial charge in [-0.3, -0.25) is 10.1 Å². The molecule has 188 valence electrons. The molecule has 0 saturated carbocycles. The first-order valence-corrected chi connectivity index (χ1v) is 11.3. The molecule has 1 aliphatic heterocycles. The SMILES string of the molecule is C[C@H]1SC(N(C(=O)OC(C)(C)C)C(=O)OC(C)(C)C)=N[C@](C)(c2cc([N+](=O)[O-])ccc2F)[C@H]1F. The fourth-order valence-electron chi connectivity index (χ4n) is 3.14. The van der Waals surface area contributed by atoms with E-state index in [1.54, 1.807) is 41.5 Å². The Morgan fingerprint density at radius 3 is 2.09 bits per heavy atom. The second-order valence-electron chi connectivity index (χ2n) is 9.98. The first-order chi connectivity index (χ1) is 15.4. The van der Waals surface area contributed by atoms with Gasteiger partial charge >= 0.3 is 12.2 Å². The molecule has 0 unspecified atom stereocenters. The van der Waals surface area contributed by atoms with E-state index in [2.05, 4.69) is 4.99 Å². The van der Waals surface area contributed by atoms with Gasteiger partial charge in [0.25, 0.3) is 5.69 Å². The second-order valence-corrected chi connectivity index (χ2v) is 11.3. The molecule has 2 amide bonds. The van der Waals surface area contributed by atoms with Gasteiger partial charge in [0.2, 0.25) is 0 Å². The number of amides is 2. The van der Waals surface area contributed by atoms with Crippen LogP contribution in [-0.4, -0.2) is 49.8 Å². The summed E-state index contributed by atoms with van der Waals surface area (Å²) >= 11 is 0.767. The summed E-state index contributed by atoms with van der Waals surface area (Å²) in [7, 11) is 0. The Hall–Kier alpha value is -2.76. The number of carbonyl (C=O) groups excluding carboxylic acids is 2. The molecule has 0 radical (unpaired) electrons. The molecular formula is C22H29F2N3O6S. The molecule has 0 aliphatic carbocycles. The maximum Gasteiger partial charge on any atom is 0.426 e. The molecule has 1 aromatic carbocycles. The standard InChI is InChI=1S/C22H29F2N3O6S/c1-12-16(24)22(8,14-11-13(27(30)31)9-10-15(14)23)25-17(34-12)26(18(28)32-20(2,3)4)19(29)33-21(5,6)7/h9-12,16H,1-8H3/t12-,16+,22-/m1/s1. The molecule has 9 nitrogen and oxygen atoms in total. The van der Waals surface area contributed by atoms with Gasteiger partial charge in [-0.05, 0) is 61.5 Å². The highest BCUT2D eigenvalue weighted by Gasteiger charge is 2.49. The zero-order valence-electron chi connectivity index (χ0n) is 20.3. The lowest BCUT2D eigenvalue weighted by molar-refractivity contribution is -0.385. The highest BCUT2D eigenvalue weighted by Crippen LogP contribution is 2.44. The largest absolute Gasteiger partial charge is 0.443 e. The third kappa shape index (κ3) is 6.22. The molecule has 0 fully saturated rings. The number of hydrogen-bond acceptors (Lipinski definition) is 8. The zero-order chi connectivity index (χ0) is 26.2. The summed E-state index contributed by atoms with van der Waals surface area (Å²) < 4.78 is 40.9. The van der Waals surface area contributed by atoms with Gasteiger partial charge in [0.05, 0.1) is 4.92 Å². The lowest BCUT2D eigenvalue weighted by Gasteiger charge is -2.39. The van der Waals surface area contributed by atoms with Crippen LogP contribution in [0.25, 0.3) is 0 Å². The zero-order valence-corrected chi connectivity index (χ0v) is 21.2. The average molecular weight is 502 g/mol. The minimum absolute atomic E-state index is 0.279. The van der Waals surface area contributed by atoms with E-state index in [1.165, 1.54) is 13.8 Å². The Morgan fingerprint density at radius 1 is 1.15 bits per heavy atom. The van der Waals surface area contributed by atoms with E-state index in [4.69, 9.17) is 9.47 Å². The predicted octanol–water partition coefficient (Wildman–Crippen LogP) is 5.95. The highest BCUT2D eigenvalue weighted by molar-refractivity contribution is 8.14. The number of thioether (sulfide) groups is 1. The first-order valence-electron chi connectivity index (χ1n) is 10.5. The first kappa shape index (κ1) is 27.5. The van der Waals surface area contributed by atoms with Crippen LogP contribution in [0.1, 0.15) is 61.0 Å². The molecule has 0 spiro atoms. The number of benzene rings is 1. The summed E-state index contributed by atoms with van der Waals surface area (Å²) in [6.07, 6.45) is -4.03. The highest BCUT2D eigenvalue weighted by atomic mass is 32.2. The number of rotatable bonds is 2. The summed E-state index contributed by atoms with van der Waals surface area (Å²) in [5.74, 6) is -0.918. The van der Waals surface area contributed by atoms with E-state index in [0.717, 1.165) is 30.0 Å². The number of non-ortho nitro benzene ring substituents is 1. The van der Waals surface area contributed by atoms with E-state index in [9.17, 15) is 24.1 Å². The van der Waals surface area contributed by atoms with Gasteiger partial charge in [0.15, 0.2) is 5.17 Å². The van der Waals surface area contributed by atoms with Crippen LogP contribution in [0.5, 0.6) is 0 Å². The van der Waals surface area contributed by atoms with E-state index in [0.29, 0.717) is 4.90 Å². The van der Waals surface area contributed by atoms with E-state index < -0.39 is 56.8 Å². The van der Waals surface area contributed by atoms with Gasteiger partial charge in [-0.15, -0.1) is 0 Å². The molecule has 1 aliphatic rings. The fourth-order valence-corrected chi connectivity index (χ4v) is 4.36. The van der Waals surface area contributed by atoms with Crippen molar-refractivity contribution in [2.24, 2.45) is 4.99 Å². The van der Waals surface area contributed by atoms with Gasteiger partial charge < -0.3 is 9.47 Å². The predicted molar refractivity (Wildman–Crippen MR) is 124 cm³/mol. The number of halogens is 2. The Morgan fingerprint density at radius 2 is 1.65 bits per heavy atom. The quantitative estimate of drug-likeness (QED) is 0.364. The van der Waals surface area contributed by atoms with Crippen molar-refractivity contribution in [1.82, 2.24) is 4.90 Å². The number of carbonyl (C=O) groups is 2. The molecule has 1 aromatic rings. The van der Waals surface area contributed by atoms with E-state index >= 15 is 4.39 Å². The number of nitro groups is 1. The summed E-state index contributed by atoms with van der Waals surface area (Å²) in [5, 5.41) is 10.0. The van der Waals surface area contributed by atoms with Crippen molar-refractivity contribution in [1.29, 1.82) is 0 Å². The van der Waals surface area contributed by atoms with Crippen molar-refractivity contribution < 1.29 is 32.8 Å². The van der Waals surface area contributed by atoms with Crippen molar-refractivity contribution >= 4 is 34.8 Å². The summed E-state index contributed by atoms with van der Waals surface area (Å²) in [4.78, 5) is 41.2. The maximum atomic E-state index is 15.5. The molecule has 0 saturated heterocycles. The number of nitro benzene ring substituents is 1. The average Bonchev–Trinajstić information content (AvgIpc) is 2.63. The van der Waals surface area contributed by atoms with Gasteiger partial charge in [0, 0.05) is 22.9 Å². The van der Waals surface area contributed by atoms with Crippen LogP contribution >= 0.6 is 11.8 Å². The number of hydrogen-bond donors (Lipinski definition) is 0. The number of alkyl halides is 1. The Kier molecular flexibility index (Phi) is 7.66. The normalized spacial score (nSPS) is 23.1. The van der Waals surface area contributed by atoms with Gasteiger partial charge in [-0.1, -0.05) is 11.8 Å². The van der Waals surface area contributed by atoms with Crippen molar-refractivity contribution in [2.45, 2.75) is 83.6 Å². The van der Waals surface area contributed by atoms with Gasteiger partial charge in [-0.2, -0.15) is 4.90 Å². The minimum atomic E-state index is -1.99. The van der Waals surface area contributed by atoms with Crippen LogP contribution < -0.4 is 0 Å². The van der Waals surface area contributed by atoms with Gasteiger partial charge in [0.1, 0.15) is 28.7 Å². The fraction of sp³-hybridized carbons (Fsp3) is 0.591. The van der Waals surface area contributed by atoms with Crippen molar-refractivity contribution in [3.8, 4) is 0 Å². The van der Waals surface area contributed by atoms with E-state index in [-0.39, 0.29) is 10.7 Å². The van der Waals surface area contributed by atoms with Crippen LogP contribution in [0.4, 0.5) is 24.1 Å². The molecule has 2 rings (SSSR count). The topological polar surface area (TPSA) is 111 Å². The smallest absolute Gasteiger partial charge is 0.426 e. The summed E-state index contributed by atoms with van der Waals surface area (Å²) in [6.45, 7) is 12.3. The Balaban J connectivity index is 2.69. The molecule has 1 heterocycles. The van der Waals surface area contributed by atoms with Crippen LogP contribution in [0.2, 0.25) is 0 Å². The minimum Gasteiger partial charge on any atom is -0.443 e. The molecule has 0 bridgehead atoms. The summed E-state index contributed by atoms with van der Waals surface area (Å²) in [5.41, 5.74) is -4.80. The van der Waals surface area contributed by atoms with Crippen molar-refractivity contribution in [3.05, 3.63) is 39.7 Å². The van der Waals surface area contributed by atoms with Crippen LogP contribution in [-0.2, 0) is 15.0 Å². The Labute approximate surface area is 201 Å². The molecule has 34 heavy (non-hydrogen) atoms. The molecule has 3 atom stereocenters. The van der Waals surface area contributed by atoms with Crippen molar-refractivity contribution in [3.63, 3.8) is 0 Å². The Bertz CT molecular complexity index is 993. The molecule has 0 aromatic heterocycles. The van der Waals surface area contributed by atoms with Gasteiger partial charge in [-0.25, -0.2) is 23.4 Å². The third-order valence-corrected chi connectivity index (χ3v) is 5.71. The van der Waals surface area contributed by atoms with E-state index in [1.807, 2.05) is 0 Å². The number of ether oxygens (including phenoxy) is 2. The second kappa shape index (κ2) is 9.47.